The van der Waals surface area contributed by atoms with Crippen LogP contribution in [0, 0.1) is 0 Å². The van der Waals surface area contributed by atoms with E-state index < -0.39 is 16.1 Å². The molecule has 0 aromatic heterocycles. The Labute approximate surface area is 157 Å². The Morgan fingerprint density at radius 3 is 2.44 bits per heavy atom. The SMILES string of the molecule is O=C([C@@H](NS(=O)(=O)c1ccc2c(c1)OCO2)c1ccccc1)N1CCCC1. The molecule has 142 valence electrons. The third-order valence-corrected chi connectivity index (χ3v) is 6.15. The van der Waals surface area contributed by atoms with Crippen molar-refractivity contribution in [3.8, 4) is 11.5 Å². The van der Waals surface area contributed by atoms with Gasteiger partial charge in [0.25, 0.3) is 0 Å². The van der Waals surface area contributed by atoms with Crippen molar-refractivity contribution < 1.29 is 22.7 Å². The van der Waals surface area contributed by atoms with E-state index >= 15 is 0 Å². The molecule has 0 unspecified atom stereocenters. The zero-order valence-electron chi connectivity index (χ0n) is 14.6. The lowest BCUT2D eigenvalue weighted by atomic mass is 10.1. The quantitative estimate of drug-likeness (QED) is 0.848. The molecular formula is C19H20N2O5S. The lowest BCUT2D eigenvalue weighted by Gasteiger charge is -2.24. The molecule has 1 atom stereocenters. The van der Waals surface area contributed by atoms with E-state index in [0.717, 1.165) is 12.8 Å². The summed E-state index contributed by atoms with van der Waals surface area (Å²) in [6.07, 6.45) is 1.87. The van der Waals surface area contributed by atoms with Gasteiger partial charge in [0, 0.05) is 19.2 Å². The van der Waals surface area contributed by atoms with Gasteiger partial charge in [0.1, 0.15) is 6.04 Å². The lowest BCUT2D eigenvalue weighted by molar-refractivity contribution is -0.132. The number of carbonyl (C=O) groups is 1. The Hall–Kier alpha value is -2.58. The molecule has 1 amide bonds. The fraction of sp³-hybridized carbons (Fsp3) is 0.316. The van der Waals surface area contributed by atoms with E-state index in [0.29, 0.717) is 30.2 Å². The molecule has 2 heterocycles. The minimum Gasteiger partial charge on any atom is -0.454 e. The van der Waals surface area contributed by atoms with Crippen molar-refractivity contribution in [2.24, 2.45) is 0 Å². The average molecular weight is 388 g/mol. The maximum Gasteiger partial charge on any atom is 0.245 e. The van der Waals surface area contributed by atoms with Crippen LogP contribution in [-0.2, 0) is 14.8 Å². The highest BCUT2D eigenvalue weighted by molar-refractivity contribution is 7.89. The van der Waals surface area contributed by atoms with Crippen LogP contribution in [0.15, 0.2) is 53.4 Å². The number of likely N-dealkylation sites (tertiary alicyclic amines) is 1. The van der Waals surface area contributed by atoms with Gasteiger partial charge in [-0.1, -0.05) is 30.3 Å². The minimum atomic E-state index is -3.94. The van der Waals surface area contributed by atoms with Crippen molar-refractivity contribution in [2.75, 3.05) is 19.9 Å². The van der Waals surface area contributed by atoms with Crippen molar-refractivity contribution in [2.45, 2.75) is 23.8 Å². The molecule has 27 heavy (non-hydrogen) atoms. The molecule has 2 aliphatic rings. The molecule has 8 heteroatoms. The Kier molecular flexibility index (Phi) is 4.75. The average Bonchev–Trinajstić information content (AvgIpc) is 3.37. The second-order valence-electron chi connectivity index (χ2n) is 6.51. The van der Waals surface area contributed by atoms with Crippen molar-refractivity contribution in [1.29, 1.82) is 0 Å². The zero-order chi connectivity index (χ0) is 18.9. The van der Waals surface area contributed by atoms with Crippen LogP contribution in [0.1, 0.15) is 24.4 Å². The zero-order valence-corrected chi connectivity index (χ0v) is 15.4. The third kappa shape index (κ3) is 3.63. The first kappa shape index (κ1) is 17.8. The van der Waals surface area contributed by atoms with Crippen LogP contribution in [0.3, 0.4) is 0 Å². The topological polar surface area (TPSA) is 84.9 Å². The number of nitrogens with zero attached hydrogens (tertiary/aromatic N) is 1. The van der Waals surface area contributed by atoms with E-state index in [2.05, 4.69) is 4.72 Å². The van der Waals surface area contributed by atoms with Gasteiger partial charge < -0.3 is 14.4 Å². The summed E-state index contributed by atoms with van der Waals surface area (Å²) >= 11 is 0. The predicted octanol–water partition coefficient (Wildman–Crippen LogP) is 2.06. The first-order chi connectivity index (χ1) is 13.0. The highest BCUT2D eigenvalue weighted by Crippen LogP contribution is 2.34. The molecule has 4 rings (SSSR count). The molecule has 0 saturated carbocycles. The minimum absolute atomic E-state index is 0.0295. The smallest absolute Gasteiger partial charge is 0.245 e. The largest absolute Gasteiger partial charge is 0.454 e. The standard InChI is InChI=1S/C19H20N2O5S/c22-19(21-10-4-5-11-21)18(14-6-2-1-3-7-14)20-27(23,24)15-8-9-16-17(12-15)26-13-25-16/h1-3,6-9,12,18,20H,4-5,10-11,13H2/t18-/m0/s1. The van der Waals surface area contributed by atoms with Gasteiger partial charge in [0.05, 0.1) is 4.90 Å². The number of rotatable bonds is 5. The van der Waals surface area contributed by atoms with E-state index in [1.54, 1.807) is 35.2 Å². The summed E-state index contributed by atoms with van der Waals surface area (Å²) in [5, 5.41) is 0. The molecule has 1 N–H and O–H groups in total. The molecule has 2 aromatic rings. The van der Waals surface area contributed by atoms with Crippen LogP contribution in [-0.4, -0.2) is 39.1 Å². The maximum absolute atomic E-state index is 13.0. The number of fused-ring (bicyclic) bond motifs is 1. The fourth-order valence-electron chi connectivity index (χ4n) is 3.29. The molecular weight excluding hydrogens is 368 g/mol. The number of benzene rings is 2. The van der Waals surface area contributed by atoms with Gasteiger partial charge in [-0.2, -0.15) is 4.72 Å². The number of hydrogen-bond acceptors (Lipinski definition) is 5. The fourth-order valence-corrected chi connectivity index (χ4v) is 4.49. The first-order valence-electron chi connectivity index (χ1n) is 8.80. The van der Waals surface area contributed by atoms with Crippen molar-refractivity contribution in [1.82, 2.24) is 9.62 Å². The predicted molar refractivity (Wildman–Crippen MR) is 97.9 cm³/mol. The Morgan fingerprint density at radius 1 is 1.00 bits per heavy atom. The third-order valence-electron chi connectivity index (χ3n) is 4.72. The van der Waals surface area contributed by atoms with Gasteiger partial charge in [-0.05, 0) is 30.5 Å². The van der Waals surface area contributed by atoms with E-state index in [-0.39, 0.29) is 17.6 Å². The summed E-state index contributed by atoms with van der Waals surface area (Å²) in [7, 11) is -3.94. The van der Waals surface area contributed by atoms with Crippen LogP contribution < -0.4 is 14.2 Å². The van der Waals surface area contributed by atoms with Crippen molar-refractivity contribution >= 4 is 15.9 Å². The van der Waals surface area contributed by atoms with Gasteiger partial charge in [0.2, 0.25) is 22.7 Å². The van der Waals surface area contributed by atoms with Gasteiger partial charge in [-0.3, -0.25) is 4.79 Å². The normalized spacial score (nSPS) is 17.1. The molecule has 7 nitrogen and oxygen atoms in total. The molecule has 2 aromatic carbocycles. The van der Waals surface area contributed by atoms with E-state index in [4.69, 9.17) is 9.47 Å². The summed E-state index contributed by atoms with van der Waals surface area (Å²) in [4.78, 5) is 14.7. The van der Waals surface area contributed by atoms with E-state index in [1.807, 2.05) is 6.07 Å². The number of nitrogens with one attached hydrogen (secondary N) is 1. The summed E-state index contributed by atoms with van der Waals surface area (Å²) in [6.45, 7) is 1.36. The molecule has 1 saturated heterocycles. The van der Waals surface area contributed by atoms with E-state index in [1.165, 1.54) is 12.1 Å². The van der Waals surface area contributed by atoms with Crippen LogP contribution in [0.2, 0.25) is 0 Å². The number of hydrogen-bond donors (Lipinski definition) is 1. The monoisotopic (exact) mass is 388 g/mol. The van der Waals surface area contributed by atoms with Crippen LogP contribution in [0.4, 0.5) is 0 Å². The second kappa shape index (κ2) is 7.21. The van der Waals surface area contributed by atoms with Gasteiger partial charge >= 0.3 is 0 Å². The Balaban J connectivity index is 1.65. The molecule has 0 spiro atoms. The highest BCUT2D eigenvalue weighted by Gasteiger charge is 2.32. The van der Waals surface area contributed by atoms with Crippen LogP contribution in [0.5, 0.6) is 11.5 Å². The lowest BCUT2D eigenvalue weighted by Crippen LogP contribution is -2.41. The summed E-state index contributed by atoms with van der Waals surface area (Å²) in [6, 6.07) is 12.3. The van der Waals surface area contributed by atoms with Crippen molar-refractivity contribution in [3.05, 3.63) is 54.1 Å². The Morgan fingerprint density at radius 2 is 1.70 bits per heavy atom. The second-order valence-corrected chi connectivity index (χ2v) is 8.23. The summed E-state index contributed by atoms with van der Waals surface area (Å²) in [5.74, 6) is 0.643. The molecule has 0 aliphatic carbocycles. The van der Waals surface area contributed by atoms with E-state index in [9.17, 15) is 13.2 Å². The maximum atomic E-state index is 13.0. The van der Waals surface area contributed by atoms with Gasteiger partial charge in [0.15, 0.2) is 11.5 Å². The highest BCUT2D eigenvalue weighted by atomic mass is 32.2. The van der Waals surface area contributed by atoms with Crippen LogP contribution >= 0.6 is 0 Å². The van der Waals surface area contributed by atoms with Crippen LogP contribution in [0.25, 0.3) is 0 Å². The summed E-state index contributed by atoms with van der Waals surface area (Å²) in [5.41, 5.74) is 0.610. The number of sulfonamides is 1. The number of ether oxygens (including phenoxy) is 2. The Bertz CT molecular complexity index is 940. The van der Waals surface area contributed by atoms with Gasteiger partial charge in [-0.15, -0.1) is 0 Å². The number of carbonyl (C=O) groups excluding carboxylic acids is 1. The molecule has 2 aliphatic heterocycles. The van der Waals surface area contributed by atoms with Crippen molar-refractivity contribution in [3.63, 3.8) is 0 Å². The summed E-state index contributed by atoms with van der Waals surface area (Å²) < 4.78 is 39.0. The number of amides is 1. The molecule has 0 radical (unpaired) electrons. The first-order valence-corrected chi connectivity index (χ1v) is 10.3. The molecule has 0 bridgehead atoms. The van der Waals surface area contributed by atoms with Gasteiger partial charge in [-0.25, -0.2) is 8.42 Å². The molecule has 1 fully saturated rings.